The van der Waals surface area contributed by atoms with Gasteiger partial charge in [0.25, 0.3) is 0 Å². The van der Waals surface area contributed by atoms with E-state index in [0.717, 1.165) is 0 Å². The molecule has 0 saturated carbocycles. The number of rotatable bonds is 5. The van der Waals surface area contributed by atoms with E-state index in [2.05, 4.69) is 4.72 Å². The lowest BCUT2D eigenvalue weighted by atomic mass is 10.1. The van der Waals surface area contributed by atoms with Crippen molar-refractivity contribution in [1.82, 2.24) is 4.72 Å². The van der Waals surface area contributed by atoms with Crippen molar-refractivity contribution in [3.05, 3.63) is 23.3 Å². The van der Waals surface area contributed by atoms with E-state index in [1.54, 1.807) is 19.9 Å². The molecule has 0 heterocycles. The number of benzene rings is 1. The molecule has 0 aromatic heterocycles. The minimum Gasteiger partial charge on any atom is -0.496 e. The highest BCUT2D eigenvalue weighted by Crippen LogP contribution is 2.26. The number of aliphatic carboxylic acids is 1. The van der Waals surface area contributed by atoms with Crippen LogP contribution in [0.15, 0.2) is 17.0 Å². The van der Waals surface area contributed by atoms with E-state index in [-0.39, 0.29) is 4.90 Å². The van der Waals surface area contributed by atoms with Gasteiger partial charge in [-0.3, -0.25) is 4.79 Å². The summed E-state index contributed by atoms with van der Waals surface area (Å²) in [6.07, 6.45) is 0. The van der Waals surface area contributed by atoms with Gasteiger partial charge in [0, 0.05) is 0 Å². The fourth-order valence-corrected chi connectivity index (χ4v) is 3.13. The molecule has 0 aliphatic rings. The zero-order valence-corrected chi connectivity index (χ0v) is 12.0. The highest BCUT2D eigenvalue weighted by Gasteiger charge is 2.24. The Morgan fingerprint density at radius 3 is 2.37 bits per heavy atom. The number of carboxylic acids is 1. The van der Waals surface area contributed by atoms with Gasteiger partial charge < -0.3 is 9.84 Å². The Morgan fingerprint density at radius 2 is 1.89 bits per heavy atom. The van der Waals surface area contributed by atoms with Crippen molar-refractivity contribution in [2.24, 2.45) is 0 Å². The molecule has 0 spiro atoms. The minimum absolute atomic E-state index is 0.0545. The summed E-state index contributed by atoms with van der Waals surface area (Å²) >= 11 is 0. The molecular weight excluding hydrogens is 270 g/mol. The number of hydrogen-bond acceptors (Lipinski definition) is 4. The van der Waals surface area contributed by atoms with E-state index < -0.39 is 22.0 Å². The molecule has 7 heteroatoms. The molecule has 0 saturated heterocycles. The standard InChI is InChI=1S/C12H17NO5S/c1-7-8(2)11(6-5-10(7)18-4)19(16,17)13-9(3)12(14)15/h5-6,9,13H,1-4H3,(H,14,15)/t9-/m1/s1. The van der Waals surface area contributed by atoms with Crippen LogP contribution in [0.25, 0.3) is 0 Å². The van der Waals surface area contributed by atoms with E-state index in [0.29, 0.717) is 16.9 Å². The summed E-state index contributed by atoms with van der Waals surface area (Å²) in [5.74, 6) is -0.644. The van der Waals surface area contributed by atoms with Crippen LogP contribution in [0.5, 0.6) is 5.75 Å². The Balaban J connectivity index is 3.23. The van der Waals surface area contributed by atoms with Crippen molar-refractivity contribution in [3.63, 3.8) is 0 Å². The van der Waals surface area contributed by atoms with E-state index in [9.17, 15) is 13.2 Å². The second kappa shape index (κ2) is 5.58. The van der Waals surface area contributed by atoms with Crippen molar-refractivity contribution in [2.75, 3.05) is 7.11 Å². The van der Waals surface area contributed by atoms with Gasteiger partial charge in [-0.1, -0.05) is 0 Å². The lowest BCUT2D eigenvalue weighted by Gasteiger charge is -2.15. The van der Waals surface area contributed by atoms with Crippen LogP contribution in [0.1, 0.15) is 18.1 Å². The summed E-state index contributed by atoms with van der Waals surface area (Å²) in [6, 6.07) is 1.76. The molecule has 2 N–H and O–H groups in total. The van der Waals surface area contributed by atoms with Gasteiger partial charge in [-0.15, -0.1) is 0 Å². The van der Waals surface area contributed by atoms with Gasteiger partial charge >= 0.3 is 5.97 Å². The van der Waals surface area contributed by atoms with Crippen molar-refractivity contribution >= 4 is 16.0 Å². The molecule has 0 aliphatic heterocycles. The lowest BCUT2D eigenvalue weighted by Crippen LogP contribution is -2.38. The number of sulfonamides is 1. The molecule has 1 atom stereocenters. The maximum absolute atomic E-state index is 12.1. The molecule has 106 valence electrons. The van der Waals surface area contributed by atoms with E-state index >= 15 is 0 Å². The molecular formula is C12H17NO5S. The fraction of sp³-hybridized carbons (Fsp3) is 0.417. The van der Waals surface area contributed by atoms with E-state index in [1.165, 1.54) is 20.1 Å². The summed E-state index contributed by atoms with van der Waals surface area (Å²) in [6.45, 7) is 4.66. The van der Waals surface area contributed by atoms with Gasteiger partial charge in [0.1, 0.15) is 11.8 Å². The first kappa shape index (κ1) is 15.5. The van der Waals surface area contributed by atoms with Crippen LogP contribution >= 0.6 is 0 Å². The predicted octanol–water partition coefficient (Wildman–Crippen LogP) is 1.06. The van der Waals surface area contributed by atoms with Crippen LogP contribution in [-0.2, 0) is 14.8 Å². The Kier molecular flexibility index (Phi) is 4.54. The van der Waals surface area contributed by atoms with Crippen LogP contribution in [0.3, 0.4) is 0 Å². The summed E-state index contributed by atoms with van der Waals surface area (Å²) in [4.78, 5) is 10.8. The monoisotopic (exact) mass is 287 g/mol. The third-order valence-corrected chi connectivity index (χ3v) is 4.58. The Labute approximate surface area is 112 Å². The van der Waals surface area contributed by atoms with Crippen LogP contribution in [0.4, 0.5) is 0 Å². The predicted molar refractivity (Wildman–Crippen MR) is 69.9 cm³/mol. The van der Waals surface area contributed by atoms with Crippen molar-refractivity contribution in [2.45, 2.75) is 31.7 Å². The van der Waals surface area contributed by atoms with Gasteiger partial charge in [-0.05, 0) is 44.0 Å². The number of carbonyl (C=O) groups is 1. The average Bonchev–Trinajstić information content (AvgIpc) is 2.31. The van der Waals surface area contributed by atoms with E-state index in [1.807, 2.05) is 0 Å². The number of nitrogens with one attached hydrogen (secondary N) is 1. The molecule has 6 nitrogen and oxygen atoms in total. The van der Waals surface area contributed by atoms with Crippen molar-refractivity contribution in [3.8, 4) is 5.75 Å². The zero-order chi connectivity index (χ0) is 14.8. The second-order valence-corrected chi connectivity index (χ2v) is 5.88. The molecule has 0 unspecified atom stereocenters. The Hall–Kier alpha value is -1.60. The minimum atomic E-state index is -3.87. The first-order valence-corrected chi connectivity index (χ1v) is 7.08. The molecule has 0 fully saturated rings. The van der Waals surface area contributed by atoms with E-state index in [4.69, 9.17) is 9.84 Å². The topological polar surface area (TPSA) is 92.7 Å². The third-order valence-electron chi connectivity index (χ3n) is 2.90. The molecule has 1 rings (SSSR count). The Bertz CT molecular complexity index is 594. The molecule has 1 aromatic rings. The van der Waals surface area contributed by atoms with Crippen LogP contribution < -0.4 is 9.46 Å². The molecule has 0 bridgehead atoms. The van der Waals surface area contributed by atoms with Gasteiger partial charge in [-0.2, -0.15) is 4.72 Å². The second-order valence-electron chi connectivity index (χ2n) is 4.20. The summed E-state index contributed by atoms with van der Waals surface area (Å²) in [5.41, 5.74) is 1.23. The Morgan fingerprint density at radius 1 is 1.32 bits per heavy atom. The first-order chi connectivity index (χ1) is 8.70. The average molecular weight is 287 g/mol. The molecule has 19 heavy (non-hydrogen) atoms. The van der Waals surface area contributed by atoms with Gasteiger partial charge in [0.2, 0.25) is 10.0 Å². The molecule has 0 aliphatic carbocycles. The summed E-state index contributed by atoms with van der Waals surface area (Å²) in [5, 5.41) is 8.75. The third kappa shape index (κ3) is 3.24. The first-order valence-electron chi connectivity index (χ1n) is 5.60. The smallest absolute Gasteiger partial charge is 0.321 e. The van der Waals surface area contributed by atoms with Crippen LogP contribution in [-0.4, -0.2) is 32.6 Å². The molecule has 1 aromatic carbocycles. The maximum Gasteiger partial charge on any atom is 0.321 e. The molecule has 0 radical (unpaired) electrons. The normalized spacial score (nSPS) is 13.1. The van der Waals surface area contributed by atoms with Gasteiger partial charge in [0.15, 0.2) is 0 Å². The van der Waals surface area contributed by atoms with Gasteiger partial charge in [-0.25, -0.2) is 8.42 Å². The zero-order valence-electron chi connectivity index (χ0n) is 11.2. The molecule has 0 amide bonds. The maximum atomic E-state index is 12.1. The lowest BCUT2D eigenvalue weighted by molar-refractivity contribution is -0.138. The fourth-order valence-electron chi connectivity index (χ4n) is 1.63. The van der Waals surface area contributed by atoms with Crippen LogP contribution in [0.2, 0.25) is 0 Å². The highest BCUT2D eigenvalue weighted by molar-refractivity contribution is 7.89. The number of hydrogen-bond donors (Lipinski definition) is 2. The van der Waals surface area contributed by atoms with Crippen molar-refractivity contribution in [1.29, 1.82) is 0 Å². The highest BCUT2D eigenvalue weighted by atomic mass is 32.2. The van der Waals surface area contributed by atoms with Crippen molar-refractivity contribution < 1.29 is 23.1 Å². The number of carboxylic acid groups (broad SMARTS) is 1. The quantitative estimate of drug-likeness (QED) is 0.845. The summed E-state index contributed by atoms with van der Waals surface area (Å²) < 4.78 is 31.4. The SMILES string of the molecule is COc1ccc(S(=O)(=O)N[C@H](C)C(=O)O)c(C)c1C. The summed E-state index contributed by atoms with van der Waals surface area (Å²) in [7, 11) is -2.37. The van der Waals surface area contributed by atoms with Crippen LogP contribution in [0, 0.1) is 13.8 Å². The largest absolute Gasteiger partial charge is 0.496 e. The number of methoxy groups -OCH3 is 1. The van der Waals surface area contributed by atoms with Gasteiger partial charge in [0.05, 0.1) is 12.0 Å². The number of ether oxygens (including phenoxy) is 1.